The highest BCUT2D eigenvalue weighted by Gasteiger charge is 2.30. The van der Waals surface area contributed by atoms with E-state index in [9.17, 15) is 0 Å². The second-order valence-electron chi connectivity index (χ2n) is 8.92. The molecule has 0 aliphatic heterocycles. The average molecular weight is 525 g/mol. The lowest BCUT2D eigenvalue weighted by Gasteiger charge is -2.11. The Kier molecular flexibility index (Phi) is 7.44. The Morgan fingerprint density at radius 3 is 0.789 bits per heavy atom. The van der Waals surface area contributed by atoms with Crippen LogP contribution in [-0.4, -0.2) is 0 Å². The van der Waals surface area contributed by atoms with E-state index in [1.807, 2.05) is 0 Å². The predicted octanol–water partition coefficient (Wildman–Crippen LogP) is 9.54. The molecule has 0 bridgehead atoms. The number of rotatable bonds is 7. The van der Waals surface area contributed by atoms with Gasteiger partial charge in [-0.25, -0.2) is 0 Å². The van der Waals surface area contributed by atoms with Crippen LogP contribution in [0.4, 0.5) is 0 Å². The van der Waals surface area contributed by atoms with E-state index >= 15 is 0 Å². The molecule has 6 aromatic carbocycles. The van der Waals surface area contributed by atoms with Gasteiger partial charge in [0.1, 0.15) is 0 Å². The minimum absolute atomic E-state index is 0.170. The third kappa shape index (κ3) is 5.33. The lowest BCUT2D eigenvalue weighted by atomic mass is 10.1. The maximum Gasteiger partial charge on any atom is 0.167 e. The summed E-state index contributed by atoms with van der Waals surface area (Å²) in [4.78, 5) is 7.99. The second-order valence-corrected chi connectivity index (χ2v) is 13.0. The summed E-state index contributed by atoms with van der Waals surface area (Å²) >= 11 is 0. The lowest BCUT2D eigenvalue weighted by molar-refractivity contribution is 1.31. The summed E-state index contributed by atoms with van der Waals surface area (Å²) < 4.78 is 0. The van der Waals surface area contributed by atoms with Crippen LogP contribution in [0.1, 0.15) is 0 Å². The zero-order valence-corrected chi connectivity index (χ0v) is 22.6. The molecule has 38 heavy (non-hydrogen) atoms. The molecule has 0 unspecified atom stereocenters. The molecule has 2 heteroatoms. The van der Waals surface area contributed by atoms with Crippen molar-refractivity contribution in [3.63, 3.8) is 0 Å². The van der Waals surface area contributed by atoms with Crippen molar-refractivity contribution in [2.45, 2.75) is 29.4 Å². The van der Waals surface area contributed by atoms with Crippen LogP contribution in [0.25, 0.3) is 11.1 Å². The molecule has 0 N–H and O–H groups in total. The van der Waals surface area contributed by atoms with Gasteiger partial charge in [0, 0.05) is 12.1 Å². The molecule has 0 fully saturated rings. The standard InChI is InChI=1S/C36H28S2/c1-5-17-31(18-6-1)37(32-19-7-2-8-20-32)35-25-13-15-29(27-35)30-16-14-26-36(28-30)38(33-21-9-3-10-22-33)34-23-11-4-12-24-34/h1-28H/q+2. The van der Waals surface area contributed by atoms with Crippen LogP contribution in [0.3, 0.4) is 0 Å². The fourth-order valence-corrected chi connectivity index (χ4v) is 8.92. The normalized spacial score (nSPS) is 11.1. The summed E-state index contributed by atoms with van der Waals surface area (Å²) in [5.74, 6) is 0. The predicted molar refractivity (Wildman–Crippen MR) is 162 cm³/mol. The maximum atomic E-state index is 2.38. The highest BCUT2D eigenvalue weighted by atomic mass is 32.2. The fourth-order valence-electron chi connectivity index (χ4n) is 4.65. The molecule has 0 aliphatic carbocycles. The van der Waals surface area contributed by atoms with E-state index in [0.29, 0.717) is 0 Å². The highest BCUT2D eigenvalue weighted by molar-refractivity contribution is 7.97. The Hall–Kier alpha value is -3.98. The SMILES string of the molecule is c1ccc([S+](c2ccccc2)c2cccc(-c3cccc([S+](c4ccccc4)c4ccccc4)c3)c2)cc1. The summed E-state index contributed by atoms with van der Waals surface area (Å²) in [5, 5.41) is 0. The van der Waals surface area contributed by atoms with E-state index in [0.717, 1.165) is 0 Å². The Bertz CT molecular complexity index is 1390. The van der Waals surface area contributed by atoms with Crippen molar-refractivity contribution in [3.8, 4) is 11.1 Å². The topological polar surface area (TPSA) is 0 Å². The average Bonchev–Trinajstić information content (AvgIpc) is 3.00. The molecule has 0 saturated heterocycles. The van der Waals surface area contributed by atoms with E-state index in [4.69, 9.17) is 0 Å². The first-order chi connectivity index (χ1) is 18.9. The van der Waals surface area contributed by atoms with Crippen LogP contribution >= 0.6 is 0 Å². The van der Waals surface area contributed by atoms with Crippen LogP contribution in [0, 0.1) is 0 Å². The van der Waals surface area contributed by atoms with Crippen molar-refractivity contribution in [1.29, 1.82) is 0 Å². The third-order valence-electron chi connectivity index (χ3n) is 6.39. The van der Waals surface area contributed by atoms with Gasteiger partial charge in [0.05, 0.1) is 21.8 Å². The summed E-state index contributed by atoms with van der Waals surface area (Å²) in [5.41, 5.74) is 2.50. The highest BCUT2D eigenvalue weighted by Crippen LogP contribution is 2.36. The first-order valence-corrected chi connectivity index (χ1v) is 15.2. The maximum absolute atomic E-state index is 2.38. The van der Waals surface area contributed by atoms with Crippen LogP contribution in [0.2, 0.25) is 0 Å². The summed E-state index contributed by atoms with van der Waals surface area (Å²) in [6.07, 6.45) is 0. The zero-order valence-electron chi connectivity index (χ0n) is 21.0. The molecule has 0 amide bonds. The van der Waals surface area contributed by atoms with Crippen LogP contribution < -0.4 is 0 Å². The van der Waals surface area contributed by atoms with Gasteiger partial charge in [-0.1, -0.05) is 97.1 Å². The van der Waals surface area contributed by atoms with E-state index in [2.05, 4.69) is 170 Å². The first-order valence-electron chi connectivity index (χ1n) is 12.8. The van der Waals surface area contributed by atoms with E-state index in [1.165, 1.54) is 40.5 Å². The van der Waals surface area contributed by atoms with Crippen molar-refractivity contribution in [2.24, 2.45) is 0 Å². The van der Waals surface area contributed by atoms with E-state index < -0.39 is 0 Å². The third-order valence-corrected chi connectivity index (χ3v) is 10.8. The van der Waals surface area contributed by atoms with Crippen molar-refractivity contribution >= 4 is 21.8 Å². The first kappa shape index (κ1) is 24.4. The molecular formula is C36H28S2+2. The molecule has 0 heterocycles. The summed E-state index contributed by atoms with van der Waals surface area (Å²) in [6.45, 7) is 0. The molecule has 0 aromatic heterocycles. The number of hydrogen-bond donors (Lipinski definition) is 0. The Labute approximate surface area is 231 Å². The van der Waals surface area contributed by atoms with Gasteiger partial charge in [0.15, 0.2) is 29.4 Å². The molecule has 0 aliphatic rings. The molecule has 6 rings (SSSR count). The van der Waals surface area contributed by atoms with Crippen molar-refractivity contribution in [3.05, 3.63) is 170 Å². The van der Waals surface area contributed by atoms with Gasteiger partial charge in [0.25, 0.3) is 0 Å². The molecule has 6 aromatic rings. The monoisotopic (exact) mass is 524 g/mol. The van der Waals surface area contributed by atoms with Crippen LogP contribution in [0.15, 0.2) is 199 Å². The van der Waals surface area contributed by atoms with Gasteiger partial charge < -0.3 is 0 Å². The van der Waals surface area contributed by atoms with Gasteiger partial charge in [-0.3, -0.25) is 0 Å². The van der Waals surface area contributed by atoms with Crippen LogP contribution in [-0.2, 0) is 21.8 Å². The lowest BCUT2D eigenvalue weighted by Crippen LogP contribution is -2.05. The van der Waals surface area contributed by atoms with Gasteiger partial charge in [-0.05, 0) is 71.8 Å². The number of benzene rings is 6. The van der Waals surface area contributed by atoms with Gasteiger partial charge >= 0.3 is 0 Å². The molecule has 0 atom stereocenters. The Morgan fingerprint density at radius 2 is 0.500 bits per heavy atom. The minimum Gasteiger partial charge on any atom is -0.0619 e. The van der Waals surface area contributed by atoms with E-state index in [1.54, 1.807) is 0 Å². The van der Waals surface area contributed by atoms with Gasteiger partial charge in [-0.2, -0.15) is 0 Å². The second kappa shape index (κ2) is 11.6. The molecule has 0 saturated carbocycles. The van der Waals surface area contributed by atoms with Crippen LogP contribution in [0.5, 0.6) is 0 Å². The quantitative estimate of drug-likeness (QED) is 0.182. The van der Waals surface area contributed by atoms with E-state index in [-0.39, 0.29) is 21.8 Å². The molecule has 0 spiro atoms. The zero-order chi connectivity index (χ0) is 25.6. The number of hydrogen-bond acceptors (Lipinski definition) is 0. The minimum atomic E-state index is -0.170. The van der Waals surface area contributed by atoms with Gasteiger partial charge in [-0.15, -0.1) is 0 Å². The molecule has 0 radical (unpaired) electrons. The largest absolute Gasteiger partial charge is 0.167 e. The van der Waals surface area contributed by atoms with Crippen molar-refractivity contribution in [1.82, 2.24) is 0 Å². The molecule has 182 valence electrons. The van der Waals surface area contributed by atoms with Crippen molar-refractivity contribution < 1.29 is 0 Å². The summed E-state index contributed by atoms with van der Waals surface area (Å²) in [7, 11) is -0.341. The Balaban J connectivity index is 1.43. The molecule has 0 nitrogen and oxygen atoms in total. The Morgan fingerprint density at radius 1 is 0.237 bits per heavy atom. The van der Waals surface area contributed by atoms with Crippen molar-refractivity contribution in [2.75, 3.05) is 0 Å². The smallest absolute Gasteiger partial charge is 0.0619 e. The van der Waals surface area contributed by atoms with Gasteiger partial charge in [0.2, 0.25) is 0 Å². The fraction of sp³-hybridized carbons (Fsp3) is 0. The molecular weight excluding hydrogens is 497 g/mol. The summed E-state index contributed by atoms with van der Waals surface area (Å²) in [6, 6.07) is 61.6.